The molecule has 1 N–H and O–H groups in total. The first-order valence-corrected chi connectivity index (χ1v) is 11.0. The summed E-state index contributed by atoms with van der Waals surface area (Å²) in [7, 11) is 0. The molecule has 0 bridgehead atoms. The van der Waals surface area contributed by atoms with Gasteiger partial charge in [-0.15, -0.1) is 0 Å². The number of carbonyl (C=O) groups excluding carboxylic acids is 2. The van der Waals surface area contributed by atoms with Crippen molar-refractivity contribution in [3.8, 4) is 5.75 Å². The van der Waals surface area contributed by atoms with Crippen molar-refractivity contribution in [3.63, 3.8) is 0 Å². The second-order valence-electron chi connectivity index (χ2n) is 8.29. The van der Waals surface area contributed by atoms with Crippen molar-refractivity contribution in [2.24, 2.45) is 0 Å². The number of carbonyl (C=O) groups is 2. The molecular weight excluding hydrogens is 440 g/mol. The van der Waals surface area contributed by atoms with E-state index in [2.05, 4.69) is 4.98 Å². The minimum atomic E-state index is -0.778. The largest absolute Gasteiger partial charge is 0.507 e. The van der Waals surface area contributed by atoms with E-state index in [1.165, 1.54) is 4.90 Å². The molecule has 3 aromatic rings. The highest BCUT2D eigenvalue weighted by Crippen LogP contribution is 2.41. The number of Topliss-reactive ketones (excluding diaryl/α,β-unsaturated/α-hetero) is 1. The summed E-state index contributed by atoms with van der Waals surface area (Å²) >= 11 is 6.24. The van der Waals surface area contributed by atoms with Crippen molar-refractivity contribution in [2.45, 2.75) is 32.0 Å². The Morgan fingerprint density at radius 2 is 1.94 bits per heavy atom. The van der Waals surface area contributed by atoms with Gasteiger partial charge in [-0.2, -0.15) is 0 Å². The van der Waals surface area contributed by atoms with Gasteiger partial charge in [0.25, 0.3) is 11.7 Å². The second-order valence-corrected chi connectivity index (χ2v) is 8.73. The predicted molar refractivity (Wildman–Crippen MR) is 124 cm³/mol. The van der Waals surface area contributed by atoms with Crippen molar-refractivity contribution in [1.29, 1.82) is 0 Å². The van der Waals surface area contributed by atoms with Gasteiger partial charge in [-0.05, 0) is 66.1 Å². The van der Waals surface area contributed by atoms with Crippen molar-refractivity contribution in [1.82, 2.24) is 9.88 Å². The third-order valence-electron chi connectivity index (χ3n) is 5.98. The molecule has 1 aromatic heterocycles. The molecule has 0 aliphatic carbocycles. The number of nitrogens with zero attached hydrogens (tertiary/aromatic N) is 2. The second kappa shape index (κ2) is 8.37. The van der Waals surface area contributed by atoms with Gasteiger partial charge in [0.2, 0.25) is 0 Å². The van der Waals surface area contributed by atoms with Crippen LogP contribution in [-0.2, 0) is 22.6 Å². The zero-order valence-corrected chi connectivity index (χ0v) is 18.6. The Morgan fingerprint density at radius 1 is 1.15 bits per heavy atom. The predicted octanol–water partition coefficient (Wildman–Crippen LogP) is 4.68. The fraction of sp³-hybridized carbons (Fsp3) is 0.192. The topological polar surface area (TPSA) is 79.7 Å². The molecule has 2 aliphatic heterocycles. The Labute approximate surface area is 196 Å². The summed E-state index contributed by atoms with van der Waals surface area (Å²) in [5, 5.41) is 11.8. The lowest BCUT2D eigenvalue weighted by Crippen LogP contribution is -2.29. The lowest BCUT2D eigenvalue weighted by atomic mass is 9.94. The Kier molecular flexibility index (Phi) is 5.38. The highest BCUT2D eigenvalue weighted by Gasteiger charge is 2.46. The van der Waals surface area contributed by atoms with Crippen LogP contribution in [0.4, 0.5) is 0 Å². The van der Waals surface area contributed by atoms with Gasteiger partial charge in [-0.1, -0.05) is 23.7 Å². The van der Waals surface area contributed by atoms with Crippen molar-refractivity contribution >= 4 is 29.1 Å². The number of pyridine rings is 1. The van der Waals surface area contributed by atoms with E-state index >= 15 is 0 Å². The maximum atomic E-state index is 13.2. The maximum absolute atomic E-state index is 13.2. The Hall–Kier alpha value is -3.64. The molecule has 1 saturated heterocycles. The lowest BCUT2D eigenvalue weighted by molar-refractivity contribution is -0.140. The quantitative estimate of drug-likeness (QED) is 0.347. The van der Waals surface area contributed by atoms with E-state index in [9.17, 15) is 14.7 Å². The van der Waals surface area contributed by atoms with Gasteiger partial charge in [0, 0.05) is 35.9 Å². The molecule has 0 saturated carbocycles. The Morgan fingerprint density at radius 3 is 2.70 bits per heavy atom. The van der Waals surface area contributed by atoms with Gasteiger partial charge in [0.1, 0.15) is 17.6 Å². The number of ketones is 1. The highest BCUT2D eigenvalue weighted by atomic mass is 35.5. The molecule has 0 spiro atoms. The Balaban J connectivity index is 1.64. The van der Waals surface area contributed by atoms with E-state index in [0.717, 1.165) is 16.9 Å². The van der Waals surface area contributed by atoms with E-state index < -0.39 is 17.7 Å². The van der Waals surface area contributed by atoms with E-state index in [0.29, 0.717) is 22.6 Å². The van der Waals surface area contributed by atoms with Crippen LogP contribution in [0.3, 0.4) is 0 Å². The molecule has 6 nitrogen and oxygen atoms in total. The number of aliphatic hydroxyl groups excluding tert-OH is 1. The van der Waals surface area contributed by atoms with Crippen LogP contribution in [0.1, 0.15) is 35.2 Å². The highest BCUT2D eigenvalue weighted by molar-refractivity contribution is 6.46. The minimum Gasteiger partial charge on any atom is -0.507 e. The number of ether oxygens (including phenoxy) is 1. The van der Waals surface area contributed by atoms with E-state index in [-0.39, 0.29) is 24.0 Å². The SMILES string of the molecule is C[C@@H]1Cc2cc(C(O)=C3C(=O)C(=O)N(Cc4ccncc4)[C@H]3c3cccc(Cl)c3)ccc2O1. The fourth-order valence-electron chi connectivity index (χ4n) is 4.48. The Bertz CT molecular complexity index is 1290. The number of amides is 1. The molecule has 0 radical (unpaired) electrons. The van der Waals surface area contributed by atoms with Gasteiger partial charge in [-0.3, -0.25) is 14.6 Å². The number of halogens is 1. The summed E-state index contributed by atoms with van der Waals surface area (Å²) in [6.07, 6.45) is 4.03. The molecule has 166 valence electrons. The summed E-state index contributed by atoms with van der Waals surface area (Å²) in [6.45, 7) is 2.17. The maximum Gasteiger partial charge on any atom is 0.295 e. The first kappa shape index (κ1) is 21.2. The van der Waals surface area contributed by atoms with Crippen molar-refractivity contribution in [3.05, 3.63) is 99.8 Å². The molecule has 5 rings (SSSR count). The number of hydrogen-bond acceptors (Lipinski definition) is 5. The first-order chi connectivity index (χ1) is 15.9. The summed E-state index contributed by atoms with van der Waals surface area (Å²) in [4.78, 5) is 31.8. The molecule has 2 aliphatic rings. The molecule has 7 heteroatoms. The smallest absolute Gasteiger partial charge is 0.295 e. The van der Waals surface area contributed by atoms with Gasteiger partial charge in [0.15, 0.2) is 0 Å². The van der Waals surface area contributed by atoms with Crippen LogP contribution in [0.5, 0.6) is 5.75 Å². The van der Waals surface area contributed by atoms with Crippen molar-refractivity contribution in [2.75, 3.05) is 0 Å². The number of aromatic nitrogens is 1. The van der Waals surface area contributed by atoms with Crippen LogP contribution in [-0.4, -0.2) is 32.8 Å². The monoisotopic (exact) mass is 460 g/mol. The van der Waals surface area contributed by atoms with Crippen LogP contribution < -0.4 is 4.74 Å². The summed E-state index contributed by atoms with van der Waals surface area (Å²) < 4.78 is 5.75. The molecule has 2 atom stereocenters. The van der Waals surface area contributed by atoms with E-state index in [1.54, 1.807) is 60.9 Å². The van der Waals surface area contributed by atoms with Crippen LogP contribution in [0.15, 0.2) is 72.6 Å². The van der Waals surface area contributed by atoms with Gasteiger partial charge in [0.05, 0.1) is 11.6 Å². The fourth-order valence-corrected chi connectivity index (χ4v) is 4.67. The van der Waals surface area contributed by atoms with Crippen LogP contribution in [0.25, 0.3) is 5.76 Å². The summed E-state index contributed by atoms with van der Waals surface area (Å²) in [5.41, 5.74) is 2.94. The molecule has 3 heterocycles. The molecule has 1 amide bonds. The number of benzene rings is 2. The minimum absolute atomic E-state index is 0.0447. The zero-order valence-electron chi connectivity index (χ0n) is 17.9. The van der Waals surface area contributed by atoms with Gasteiger partial charge < -0.3 is 14.7 Å². The number of fused-ring (bicyclic) bond motifs is 1. The number of hydrogen-bond donors (Lipinski definition) is 1. The standard InChI is InChI=1S/C26H21ClN2O4/c1-15-11-19-12-18(5-6-21(19)33-15)24(30)22-23(17-3-2-4-20(27)13-17)29(26(32)25(22)31)14-16-7-9-28-10-8-16/h2-10,12-13,15,23,30H,11,14H2,1H3/t15-,23+/m1/s1. The number of aliphatic hydroxyl groups is 1. The molecule has 33 heavy (non-hydrogen) atoms. The molecule has 2 aromatic carbocycles. The number of rotatable bonds is 4. The average molecular weight is 461 g/mol. The molecular formula is C26H21ClN2O4. The van der Waals surface area contributed by atoms with Gasteiger partial charge >= 0.3 is 0 Å². The van der Waals surface area contributed by atoms with Crippen LogP contribution >= 0.6 is 11.6 Å². The summed E-state index contributed by atoms with van der Waals surface area (Å²) in [6, 6.07) is 15.1. The summed E-state index contributed by atoms with van der Waals surface area (Å²) in [5.74, 6) is -0.838. The number of likely N-dealkylation sites (tertiary alicyclic amines) is 1. The van der Waals surface area contributed by atoms with E-state index in [1.807, 2.05) is 13.0 Å². The zero-order chi connectivity index (χ0) is 23.1. The third kappa shape index (κ3) is 3.87. The van der Waals surface area contributed by atoms with E-state index in [4.69, 9.17) is 16.3 Å². The van der Waals surface area contributed by atoms with Crippen LogP contribution in [0, 0.1) is 0 Å². The first-order valence-electron chi connectivity index (χ1n) is 10.6. The molecule has 1 fully saturated rings. The van der Waals surface area contributed by atoms with Crippen LogP contribution in [0.2, 0.25) is 5.02 Å². The average Bonchev–Trinajstić information content (AvgIpc) is 3.30. The molecule has 0 unspecified atom stereocenters. The third-order valence-corrected chi connectivity index (χ3v) is 6.21. The van der Waals surface area contributed by atoms with Gasteiger partial charge in [-0.25, -0.2) is 0 Å². The van der Waals surface area contributed by atoms with Crippen molar-refractivity contribution < 1.29 is 19.4 Å². The normalized spacial score (nSPS) is 21.2. The lowest BCUT2D eigenvalue weighted by Gasteiger charge is -2.25.